The molecule has 0 atom stereocenters. The van der Waals surface area contributed by atoms with Crippen molar-refractivity contribution in [1.29, 1.82) is 0 Å². The van der Waals surface area contributed by atoms with E-state index in [1.807, 2.05) is 4.57 Å². The molecule has 2 heterocycles. The number of anilines is 2. The highest BCUT2D eigenvalue weighted by Gasteiger charge is 2.26. The maximum atomic E-state index is 14.0. The van der Waals surface area contributed by atoms with Crippen LogP contribution in [0.5, 0.6) is 0 Å². The lowest BCUT2D eigenvalue weighted by Gasteiger charge is -2.13. The molecule has 0 amide bonds. The van der Waals surface area contributed by atoms with Crippen LogP contribution in [0.2, 0.25) is 0 Å². The molecule has 0 saturated heterocycles. The van der Waals surface area contributed by atoms with Gasteiger partial charge in [0.25, 0.3) is 0 Å². The molecule has 1 saturated carbocycles. The molecule has 5 rings (SSSR count). The second kappa shape index (κ2) is 8.09. The molecule has 2 N–H and O–H groups in total. The largest absolute Gasteiger partial charge is 0.477 e. The Labute approximate surface area is 186 Å². The van der Waals surface area contributed by atoms with E-state index in [0.29, 0.717) is 27.8 Å². The number of rotatable bonds is 6. The molecule has 1 aliphatic carbocycles. The first-order chi connectivity index (χ1) is 15.9. The molecule has 1 aliphatic rings. The molecular formula is C24H18F2N4O3. The first-order valence-electron chi connectivity index (χ1n) is 10.3. The van der Waals surface area contributed by atoms with Gasteiger partial charge in [0.05, 0.1) is 11.2 Å². The number of benzene rings is 2. The van der Waals surface area contributed by atoms with Crippen molar-refractivity contribution in [3.63, 3.8) is 0 Å². The highest BCUT2D eigenvalue weighted by atomic mass is 19.1. The molecule has 7 nitrogen and oxygen atoms in total. The van der Waals surface area contributed by atoms with E-state index in [0.717, 1.165) is 18.9 Å². The number of aromatic nitrogens is 3. The topological polar surface area (TPSA) is 97.1 Å². The maximum absolute atomic E-state index is 14.0. The van der Waals surface area contributed by atoms with Crippen LogP contribution in [0.1, 0.15) is 40.5 Å². The lowest BCUT2D eigenvalue weighted by Crippen LogP contribution is -2.18. The molecule has 2 aromatic heterocycles. The van der Waals surface area contributed by atoms with Gasteiger partial charge in [-0.05, 0) is 48.7 Å². The molecule has 0 bridgehead atoms. The predicted octanol–water partition coefficient (Wildman–Crippen LogP) is 4.44. The number of hydrogen-bond donors (Lipinski definition) is 2. The van der Waals surface area contributed by atoms with Crippen LogP contribution in [-0.2, 0) is 6.42 Å². The van der Waals surface area contributed by atoms with Crippen molar-refractivity contribution in [2.24, 2.45) is 0 Å². The van der Waals surface area contributed by atoms with Crippen LogP contribution in [0.3, 0.4) is 0 Å². The van der Waals surface area contributed by atoms with Crippen LogP contribution in [0.4, 0.5) is 20.4 Å². The zero-order valence-electron chi connectivity index (χ0n) is 17.3. The van der Waals surface area contributed by atoms with Crippen molar-refractivity contribution >= 4 is 28.5 Å². The number of carboxylic acids is 1. The predicted molar refractivity (Wildman–Crippen MR) is 118 cm³/mol. The smallest absolute Gasteiger partial charge is 0.341 e. The third-order valence-electron chi connectivity index (χ3n) is 5.56. The Bertz CT molecular complexity index is 1460. The van der Waals surface area contributed by atoms with Crippen molar-refractivity contribution in [3.8, 4) is 0 Å². The summed E-state index contributed by atoms with van der Waals surface area (Å²) in [5, 5.41) is 12.8. The number of nitrogens with one attached hydrogen (secondary N) is 1. The van der Waals surface area contributed by atoms with Crippen LogP contribution in [-0.4, -0.2) is 25.6 Å². The fraction of sp³-hybridized carbons (Fsp3) is 0.167. The van der Waals surface area contributed by atoms with Crippen molar-refractivity contribution in [2.45, 2.75) is 25.3 Å². The van der Waals surface area contributed by atoms with Crippen molar-refractivity contribution in [1.82, 2.24) is 14.5 Å². The Kier molecular flexibility index (Phi) is 5.08. The normalized spacial score (nSPS) is 13.3. The molecule has 0 unspecified atom stereocenters. The van der Waals surface area contributed by atoms with E-state index in [1.54, 1.807) is 24.3 Å². The number of carboxylic acid groups (broad SMARTS) is 1. The third-order valence-corrected chi connectivity index (χ3v) is 5.56. The number of pyridine rings is 1. The first-order valence-corrected chi connectivity index (χ1v) is 10.3. The summed E-state index contributed by atoms with van der Waals surface area (Å²) in [6, 6.07) is 10.2. The van der Waals surface area contributed by atoms with Crippen LogP contribution < -0.4 is 10.7 Å². The summed E-state index contributed by atoms with van der Waals surface area (Å²) in [6.07, 6.45) is 4.94. The Balaban J connectivity index is 1.46. The Morgan fingerprint density at radius 2 is 1.97 bits per heavy atom. The number of hydrogen-bond acceptors (Lipinski definition) is 5. The molecule has 0 aliphatic heterocycles. The van der Waals surface area contributed by atoms with E-state index in [4.69, 9.17) is 0 Å². The zero-order valence-corrected chi connectivity index (χ0v) is 17.3. The van der Waals surface area contributed by atoms with E-state index in [1.165, 1.54) is 24.5 Å². The molecular weight excluding hydrogens is 430 g/mol. The lowest BCUT2D eigenvalue weighted by atomic mass is 10.1. The molecule has 1 fully saturated rings. The van der Waals surface area contributed by atoms with Gasteiger partial charge < -0.3 is 15.0 Å². The molecule has 0 spiro atoms. The van der Waals surface area contributed by atoms with Crippen LogP contribution in [0.25, 0.3) is 10.9 Å². The van der Waals surface area contributed by atoms with Gasteiger partial charge in [0.1, 0.15) is 17.2 Å². The molecule has 4 aromatic rings. The fourth-order valence-electron chi connectivity index (χ4n) is 3.78. The summed E-state index contributed by atoms with van der Waals surface area (Å²) in [5.74, 6) is -2.26. The number of halogens is 2. The quantitative estimate of drug-likeness (QED) is 0.453. The number of nitrogens with zero attached hydrogens (tertiary/aromatic N) is 3. The first kappa shape index (κ1) is 20.7. The summed E-state index contributed by atoms with van der Waals surface area (Å²) in [5.41, 5.74) is 1.32. The second-order valence-electron chi connectivity index (χ2n) is 7.96. The standard InChI is InChI=1S/C24H18F2N4O3/c25-14-2-1-13(20(26)10-14)9-16-7-8-27-24(29-16)28-15-3-6-18-21(11-15)30(17-4-5-17)12-19(22(18)31)23(32)33/h1-3,6-8,10-12,17H,4-5,9H2,(H,32,33)(H,27,28,29). The summed E-state index contributed by atoms with van der Waals surface area (Å²) in [4.78, 5) is 32.7. The van der Waals surface area contributed by atoms with Gasteiger partial charge in [0.2, 0.25) is 11.4 Å². The maximum Gasteiger partial charge on any atom is 0.341 e. The summed E-state index contributed by atoms with van der Waals surface area (Å²) >= 11 is 0. The minimum atomic E-state index is -1.25. The molecule has 9 heteroatoms. The molecule has 33 heavy (non-hydrogen) atoms. The SMILES string of the molecule is O=C(O)c1cn(C2CC2)c2cc(Nc3nccc(Cc4ccc(F)cc4F)n3)ccc2c1=O. The van der Waals surface area contributed by atoms with Gasteiger partial charge in [0.15, 0.2) is 0 Å². The Morgan fingerprint density at radius 1 is 1.15 bits per heavy atom. The zero-order chi connectivity index (χ0) is 23.1. The number of carbonyl (C=O) groups is 1. The highest BCUT2D eigenvalue weighted by Crippen LogP contribution is 2.37. The van der Waals surface area contributed by atoms with Crippen molar-refractivity contribution < 1.29 is 18.7 Å². The summed E-state index contributed by atoms with van der Waals surface area (Å²) in [7, 11) is 0. The van der Waals surface area contributed by atoms with Crippen molar-refractivity contribution in [2.75, 3.05) is 5.32 Å². The molecule has 166 valence electrons. The fourth-order valence-corrected chi connectivity index (χ4v) is 3.78. The van der Waals surface area contributed by atoms with Gasteiger partial charge in [-0.25, -0.2) is 23.5 Å². The third kappa shape index (κ3) is 4.17. The minimum absolute atomic E-state index is 0.159. The van der Waals surface area contributed by atoms with Crippen LogP contribution in [0, 0.1) is 11.6 Å². The Hall–Kier alpha value is -4.14. The minimum Gasteiger partial charge on any atom is -0.477 e. The average Bonchev–Trinajstić information content (AvgIpc) is 3.61. The van der Waals surface area contributed by atoms with Gasteiger partial charge >= 0.3 is 5.97 Å². The summed E-state index contributed by atoms with van der Waals surface area (Å²) in [6.45, 7) is 0. The van der Waals surface area contributed by atoms with E-state index in [9.17, 15) is 23.5 Å². The van der Waals surface area contributed by atoms with Gasteiger partial charge in [0, 0.05) is 42.0 Å². The highest BCUT2D eigenvalue weighted by molar-refractivity contribution is 5.93. The van der Waals surface area contributed by atoms with Crippen LogP contribution >= 0.6 is 0 Å². The van der Waals surface area contributed by atoms with Gasteiger partial charge in [-0.15, -0.1) is 0 Å². The van der Waals surface area contributed by atoms with E-state index < -0.39 is 23.0 Å². The molecule has 0 radical (unpaired) electrons. The monoisotopic (exact) mass is 448 g/mol. The molecule has 2 aromatic carbocycles. The van der Waals surface area contributed by atoms with Gasteiger partial charge in [-0.2, -0.15) is 0 Å². The second-order valence-corrected chi connectivity index (χ2v) is 7.96. The van der Waals surface area contributed by atoms with Crippen molar-refractivity contribution in [3.05, 3.63) is 93.5 Å². The van der Waals surface area contributed by atoms with Crippen LogP contribution in [0.15, 0.2) is 59.7 Å². The number of aromatic carboxylic acids is 1. The Morgan fingerprint density at radius 3 is 2.70 bits per heavy atom. The van der Waals surface area contributed by atoms with E-state index >= 15 is 0 Å². The average molecular weight is 448 g/mol. The van der Waals surface area contributed by atoms with Gasteiger partial charge in [-0.3, -0.25) is 4.79 Å². The summed E-state index contributed by atoms with van der Waals surface area (Å²) < 4.78 is 29.0. The van der Waals surface area contributed by atoms with E-state index in [-0.39, 0.29) is 24.0 Å². The van der Waals surface area contributed by atoms with E-state index in [2.05, 4.69) is 15.3 Å². The number of fused-ring (bicyclic) bond motifs is 1. The lowest BCUT2D eigenvalue weighted by molar-refractivity contribution is 0.0695. The van der Waals surface area contributed by atoms with Gasteiger partial charge in [-0.1, -0.05) is 6.07 Å².